The molecule has 0 atom stereocenters. The van der Waals surface area contributed by atoms with E-state index in [1.165, 1.54) is 6.42 Å². The highest BCUT2D eigenvalue weighted by Gasteiger charge is 2.20. The van der Waals surface area contributed by atoms with Crippen LogP contribution >= 0.6 is 23.2 Å². The van der Waals surface area contributed by atoms with E-state index in [2.05, 4.69) is 30.3 Å². The van der Waals surface area contributed by atoms with Crippen molar-refractivity contribution >= 4 is 47.3 Å². The van der Waals surface area contributed by atoms with Crippen molar-refractivity contribution in [2.24, 2.45) is 5.10 Å². The standard InChI is InChI=1S/C23H25Cl2N7O2/c24-16-4-6-19(25)18(14-16)20-7-5-17(34-20)15-26-30-21-27-22(31-8-2-1-3-9-31)29-23(28-21)32-10-12-33-13-11-32/h4-7,14-15H,1-3,8-13H2,(H,27,28,29,30)/b26-15-. The zero-order valence-electron chi connectivity index (χ0n) is 18.6. The third kappa shape index (κ3) is 5.43. The van der Waals surface area contributed by atoms with E-state index in [1.54, 1.807) is 24.4 Å². The van der Waals surface area contributed by atoms with Gasteiger partial charge in [0.2, 0.25) is 17.8 Å². The van der Waals surface area contributed by atoms with Crippen molar-refractivity contribution in [3.05, 3.63) is 46.1 Å². The first kappa shape index (κ1) is 22.9. The van der Waals surface area contributed by atoms with Crippen molar-refractivity contribution in [2.45, 2.75) is 19.3 Å². The van der Waals surface area contributed by atoms with E-state index < -0.39 is 0 Å². The number of benzene rings is 1. The molecule has 0 amide bonds. The Balaban J connectivity index is 1.34. The normalized spacial score (nSPS) is 16.9. The fourth-order valence-electron chi connectivity index (χ4n) is 3.95. The van der Waals surface area contributed by atoms with E-state index >= 15 is 0 Å². The number of morpholine rings is 1. The number of rotatable bonds is 6. The number of ether oxygens (including phenoxy) is 1. The largest absolute Gasteiger partial charge is 0.455 e. The maximum atomic E-state index is 6.28. The number of nitrogens with zero attached hydrogens (tertiary/aromatic N) is 6. The summed E-state index contributed by atoms with van der Waals surface area (Å²) >= 11 is 12.4. The van der Waals surface area contributed by atoms with E-state index in [-0.39, 0.29) is 0 Å². The molecule has 0 bridgehead atoms. The quantitative estimate of drug-likeness (QED) is 0.383. The molecule has 2 aliphatic rings. The molecule has 11 heteroatoms. The number of furan rings is 1. The van der Waals surface area contributed by atoms with Crippen LogP contribution in [0, 0.1) is 0 Å². The highest BCUT2D eigenvalue weighted by molar-refractivity contribution is 6.35. The molecule has 2 aromatic heterocycles. The summed E-state index contributed by atoms with van der Waals surface area (Å²) in [6.45, 7) is 4.68. The minimum absolute atomic E-state index is 0.387. The van der Waals surface area contributed by atoms with E-state index in [0.29, 0.717) is 52.6 Å². The molecule has 34 heavy (non-hydrogen) atoms. The second kappa shape index (κ2) is 10.6. The number of hydrazone groups is 1. The van der Waals surface area contributed by atoms with E-state index in [9.17, 15) is 0 Å². The number of anilines is 3. The van der Waals surface area contributed by atoms with Crippen LogP contribution in [0.3, 0.4) is 0 Å². The fourth-order valence-corrected chi connectivity index (χ4v) is 4.33. The lowest BCUT2D eigenvalue weighted by Gasteiger charge is -2.30. The Hall–Kier alpha value is -2.88. The van der Waals surface area contributed by atoms with Crippen LogP contribution in [-0.2, 0) is 4.74 Å². The lowest BCUT2D eigenvalue weighted by Crippen LogP contribution is -2.38. The van der Waals surface area contributed by atoms with Crippen molar-refractivity contribution in [1.82, 2.24) is 15.0 Å². The summed E-state index contributed by atoms with van der Waals surface area (Å²) in [6.07, 6.45) is 5.08. The zero-order valence-corrected chi connectivity index (χ0v) is 20.1. The average molecular weight is 502 g/mol. The van der Waals surface area contributed by atoms with Crippen molar-refractivity contribution in [1.29, 1.82) is 0 Å². The molecular formula is C23H25Cl2N7O2. The third-order valence-electron chi connectivity index (χ3n) is 5.72. The van der Waals surface area contributed by atoms with E-state index in [4.69, 9.17) is 37.3 Å². The first-order chi connectivity index (χ1) is 16.7. The molecule has 2 aliphatic heterocycles. The SMILES string of the molecule is Clc1ccc(Cl)c(-c2ccc(/C=N\Nc3nc(N4CCCCC4)nc(N4CCOCC4)n3)o2)c1. The number of piperidine rings is 1. The number of nitrogens with one attached hydrogen (secondary N) is 1. The molecule has 2 fully saturated rings. The van der Waals surface area contributed by atoms with Crippen molar-refractivity contribution in [3.63, 3.8) is 0 Å². The van der Waals surface area contributed by atoms with Crippen LogP contribution in [0.1, 0.15) is 25.0 Å². The number of hydrogen-bond acceptors (Lipinski definition) is 9. The van der Waals surface area contributed by atoms with Crippen LogP contribution in [0.2, 0.25) is 10.0 Å². The summed E-state index contributed by atoms with van der Waals surface area (Å²) in [5.41, 5.74) is 3.66. The molecular weight excluding hydrogens is 477 g/mol. The van der Waals surface area contributed by atoms with Gasteiger partial charge in [-0.2, -0.15) is 20.1 Å². The Morgan fingerprint density at radius 2 is 1.62 bits per heavy atom. The maximum absolute atomic E-state index is 6.28. The molecule has 0 aliphatic carbocycles. The zero-order chi connectivity index (χ0) is 23.3. The molecule has 178 valence electrons. The van der Waals surface area contributed by atoms with Gasteiger partial charge in [0.15, 0.2) is 0 Å². The van der Waals surface area contributed by atoms with Crippen molar-refractivity contribution in [3.8, 4) is 11.3 Å². The molecule has 0 unspecified atom stereocenters. The maximum Gasteiger partial charge on any atom is 0.250 e. The van der Waals surface area contributed by atoms with Gasteiger partial charge in [-0.1, -0.05) is 23.2 Å². The predicted octanol–water partition coefficient (Wildman–Crippen LogP) is 4.71. The molecule has 2 saturated heterocycles. The molecule has 1 aromatic carbocycles. The van der Waals surface area contributed by atoms with Crippen LogP contribution in [0.25, 0.3) is 11.3 Å². The predicted molar refractivity (Wildman–Crippen MR) is 134 cm³/mol. The summed E-state index contributed by atoms with van der Waals surface area (Å²) < 4.78 is 11.3. The van der Waals surface area contributed by atoms with Gasteiger partial charge in [0.05, 0.1) is 24.5 Å². The van der Waals surface area contributed by atoms with Gasteiger partial charge < -0.3 is 19.0 Å². The summed E-state index contributed by atoms with van der Waals surface area (Å²) in [7, 11) is 0. The van der Waals surface area contributed by atoms with Gasteiger partial charge in [0.1, 0.15) is 11.5 Å². The van der Waals surface area contributed by atoms with Gasteiger partial charge in [-0.05, 0) is 49.6 Å². The van der Waals surface area contributed by atoms with E-state index in [1.807, 2.05) is 12.1 Å². The summed E-state index contributed by atoms with van der Waals surface area (Å²) in [5.74, 6) is 2.85. The van der Waals surface area contributed by atoms with Gasteiger partial charge in [-0.15, -0.1) is 0 Å². The Labute approximate surface area is 207 Å². The summed E-state index contributed by atoms with van der Waals surface area (Å²) in [4.78, 5) is 18.3. The number of hydrogen-bond donors (Lipinski definition) is 1. The highest BCUT2D eigenvalue weighted by Crippen LogP contribution is 2.31. The average Bonchev–Trinajstić information content (AvgIpc) is 3.35. The molecule has 4 heterocycles. The molecule has 1 N–H and O–H groups in total. The van der Waals surface area contributed by atoms with Gasteiger partial charge in [-0.25, -0.2) is 5.43 Å². The van der Waals surface area contributed by atoms with Gasteiger partial charge in [-0.3, -0.25) is 0 Å². The topological polar surface area (TPSA) is 91.9 Å². The summed E-state index contributed by atoms with van der Waals surface area (Å²) in [6, 6.07) is 8.88. The second-order valence-electron chi connectivity index (χ2n) is 8.10. The molecule has 9 nitrogen and oxygen atoms in total. The van der Waals surface area contributed by atoms with Crippen LogP contribution in [0.15, 0.2) is 39.9 Å². The smallest absolute Gasteiger partial charge is 0.250 e. The van der Waals surface area contributed by atoms with Crippen LogP contribution < -0.4 is 15.2 Å². The number of halogens is 2. The molecule has 0 spiro atoms. The molecule has 0 radical (unpaired) electrons. The van der Waals surface area contributed by atoms with Gasteiger partial charge in [0, 0.05) is 36.8 Å². The van der Waals surface area contributed by atoms with Crippen LogP contribution in [0.4, 0.5) is 17.8 Å². The minimum Gasteiger partial charge on any atom is -0.455 e. The summed E-state index contributed by atoms with van der Waals surface area (Å²) in [5, 5.41) is 5.44. The fraction of sp³-hybridized carbons (Fsp3) is 0.391. The molecule has 5 rings (SSSR count). The second-order valence-corrected chi connectivity index (χ2v) is 8.95. The van der Waals surface area contributed by atoms with Gasteiger partial charge >= 0.3 is 0 Å². The lowest BCUT2D eigenvalue weighted by molar-refractivity contribution is 0.122. The highest BCUT2D eigenvalue weighted by atomic mass is 35.5. The van der Waals surface area contributed by atoms with Crippen molar-refractivity contribution in [2.75, 3.05) is 54.6 Å². The number of aromatic nitrogens is 3. The van der Waals surface area contributed by atoms with Crippen molar-refractivity contribution < 1.29 is 9.15 Å². The first-order valence-electron chi connectivity index (χ1n) is 11.3. The van der Waals surface area contributed by atoms with Crippen LogP contribution in [0.5, 0.6) is 0 Å². The van der Waals surface area contributed by atoms with Gasteiger partial charge in [0.25, 0.3) is 0 Å². The molecule has 3 aromatic rings. The minimum atomic E-state index is 0.387. The Morgan fingerprint density at radius 3 is 2.38 bits per heavy atom. The van der Waals surface area contributed by atoms with Crippen LogP contribution in [-0.4, -0.2) is 60.6 Å². The monoisotopic (exact) mass is 501 g/mol. The Bertz CT molecular complexity index is 1120. The van der Waals surface area contributed by atoms with E-state index in [0.717, 1.165) is 44.6 Å². The first-order valence-corrected chi connectivity index (χ1v) is 12.1. The molecule has 0 saturated carbocycles. The third-order valence-corrected chi connectivity index (χ3v) is 6.29. The Morgan fingerprint density at radius 1 is 0.882 bits per heavy atom. The Kier molecular flexibility index (Phi) is 7.13. The lowest BCUT2D eigenvalue weighted by atomic mass is 10.1.